The number of rotatable bonds is 6. The van der Waals surface area contributed by atoms with E-state index >= 15 is 0 Å². The quantitative estimate of drug-likeness (QED) is 0.825. The number of benzene rings is 1. The highest BCUT2D eigenvalue weighted by molar-refractivity contribution is 5.46. The summed E-state index contributed by atoms with van der Waals surface area (Å²) in [5, 5.41) is 0. The molecule has 0 spiro atoms. The molecule has 0 aliphatic rings. The minimum absolute atomic E-state index is 0.191. The first-order valence-corrected chi connectivity index (χ1v) is 6.29. The molecule has 2 nitrogen and oxygen atoms in total. The molecule has 1 rings (SSSR count). The van der Waals surface area contributed by atoms with Crippen molar-refractivity contribution in [2.75, 3.05) is 24.5 Å². The Labute approximate surface area is 104 Å². The Kier molecular flexibility index (Phi) is 5.42. The van der Waals surface area contributed by atoms with E-state index in [4.69, 9.17) is 5.73 Å². The van der Waals surface area contributed by atoms with Crippen LogP contribution in [0.25, 0.3) is 0 Å². The molecule has 0 heterocycles. The lowest BCUT2D eigenvalue weighted by Gasteiger charge is -2.29. The standard InChI is InChI=1S/C14H23FN2/c1-4-17(10-12(9-16)11(2)3)14-7-5-13(15)6-8-14/h5-8,11-12H,4,9-10,16H2,1-3H3. The molecule has 96 valence electrons. The molecule has 0 saturated heterocycles. The van der Waals surface area contributed by atoms with Crippen LogP contribution in [0.3, 0.4) is 0 Å². The van der Waals surface area contributed by atoms with Gasteiger partial charge in [0.15, 0.2) is 0 Å². The predicted octanol–water partition coefficient (Wildman–Crippen LogP) is 2.88. The second-order valence-corrected chi connectivity index (χ2v) is 4.75. The van der Waals surface area contributed by atoms with E-state index in [1.807, 2.05) is 12.1 Å². The van der Waals surface area contributed by atoms with Gasteiger partial charge in [-0.15, -0.1) is 0 Å². The highest BCUT2D eigenvalue weighted by Crippen LogP contribution is 2.19. The van der Waals surface area contributed by atoms with Crippen LogP contribution < -0.4 is 10.6 Å². The molecule has 0 radical (unpaired) electrons. The Morgan fingerprint density at radius 3 is 2.24 bits per heavy atom. The Balaban J connectivity index is 2.74. The number of nitrogens with zero attached hydrogens (tertiary/aromatic N) is 1. The van der Waals surface area contributed by atoms with E-state index in [-0.39, 0.29) is 5.82 Å². The smallest absolute Gasteiger partial charge is 0.123 e. The number of anilines is 1. The van der Waals surface area contributed by atoms with Crippen molar-refractivity contribution >= 4 is 5.69 Å². The third-order valence-corrected chi connectivity index (χ3v) is 3.27. The van der Waals surface area contributed by atoms with Crippen LogP contribution in [-0.2, 0) is 0 Å². The summed E-state index contributed by atoms with van der Waals surface area (Å²) >= 11 is 0. The first kappa shape index (κ1) is 14.0. The van der Waals surface area contributed by atoms with Crippen LogP contribution in [0.15, 0.2) is 24.3 Å². The molecule has 3 heteroatoms. The van der Waals surface area contributed by atoms with Gasteiger partial charge in [0.2, 0.25) is 0 Å². The van der Waals surface area contributed by atoms with Crippen LogP contribution in [0.1, 0.15) is 20.8 Å². The average Bonchev–Trinajstić information content (AvgIpc) is 2.32. The number of halogens is 1. The zero-order valence-electron chi connectivity index (χ0n) is 11.0. The zero-order valence-corrected chi connectivity index (χ0v) is 11.0. The summed E-state index contributed by atoms with van der Waals surface area (Å²) in [6, 6.07) is 6.66. The number of hydrogen-bond acceptors (Lipinski definition) is 2. The summed E-state index contributed by atoms with van der Waals surface area (Å²) in [6.45, 7) is 9.02. The largest absolute Gasteiger partial charge is 0.371 e. The molecule has 0 saturated carbocycles. The Morgan fingerprint density at radius 2 is 1.82 bits per heavy atom. The molecule has 2 N–H and O–H groups in total. The van der Waals surface area contributed by atoms with Crippen molar-refractivity contribution in [2.45, 2.75) is 20.8 Å². The second kappa shape index (κ2) is 6.60. The van der Waals surface area contributed by atoms with E-state index in [2.05, 4.69) is 25.7 Å². The van der Waals surface area contributed by atoms with Crippen molar-refractivity contribution in [3.8, 4) is 0 Å². The van der Waals surface area contributed by atoms with Crippen molar-refractivity contribution in [3.63, 3.8) is 0 Å². The van der Waals surface area contributed by atoms with Gasteiger partial charge in [-0.3, -0.25) is 0 Å². The highest BCUT2D eigenvalue weighted by Gasteiger charge is 2.15. The van der Waals surface area contributed by atoms with Crippen LogP contribution in [0, 0.1) is 17.7 Å². The maximum atomic E-state index is 12.9. The minimum Gasteiger partial charge on any atom is -0.371 e. The fourth-order valence-electron chi connectivity index (χ4n) is 1.91. The molecule has 17 heavy (non-hydrogen) atoms. The number of nitrogens with two attached hydrogens (primary N) is 1. The van der Waals surface area contributed by atoms with E-state index in [0.29, 0.717) is 18.4 Å². The van der Waals surface area contributed by atoms with Crippen molar-refractivity contribution in [2.24, 2.45) is 17.6 Å². The van der Waals surface area contributed by atoms with Crippen LogP contribution in [0.4, 0.5) is 10.1 Å². The van der Waals surface area contributed by atoms with Gasteiger partial charge in [-0.25, -0.2) is 4.39 Å². The molecule has 1 aromatic carbocycles. The van der Waals surface area contributed by atoms with Gasteiger partial charge in [-0.2, -0.15) is 0 Å². The Hall–Kier alpha value is -1.09. The Bertz CT molecular complexity index is 321. The van der Waals surface area contributed by atoms with Crippen LogP contribution in [0.2, 0.25) is 0 Å². The molecule has 0 fully saturated rings. The molecule has 1 unspecified atom stereocenters. The van der Waals surface area contributed by atoms with Gasteiger partial charge < -0.3 is 10.6 Å². The Morgan fingerprint density at radius 1 is 1.24 bits per heavy atom. The predicted molar refractivity (Wildman–Crippen MR) is 71.7 cm³/mol. The summed E-state index contributed by atoms with van der Waals surface area (Å²) in [7, 11) is 0. The van der Waals surface area contributed by atoms with Crippen LogP contribution >= 0.6 is 0 Å². The summed E-state index contributed by atoms with van der Waals surface area (Å²) in [6.07, 6.45) is 0. The van der Waals surface area contributed by atoms with Crippen molar-refractivity contribution < 1.29 is 4.39 Å². The molecule has 0 bridgehead atoms. The minimum atomic E-state index is -0.191. The van der Waals surface area contributed by atoms with E-state index in [1.165, 1.54) is 12.1 Å². The first-order valence-electron chi connectivity index (χ1n) is 6.29. The summed E-state index contributed by atoms with van der Waals surface area (Å²) in [5.74, 6) is 0.846. The summed E-state index contributed by atoms with van der Waals surface area (Å²) in [4.78, 5) is 2.25. The van der Waals surface area contributed by atoms with Gasteiger partial charge in [0.05, 0.1) is 0 Å². The molecule has 1 atom stereocenters. The monoisotopic (exact) mass is 238 g/mol. The highest BCUT2D eigenvalue weighted by atomic mass is 19.1. The van der Waals surface area contributed by atoms with Gasteiger partial charge in [-0.05, 0) is 49.6 Å². The molecule has 1 aromatic rings. The zero-order chi connectivity index (χ0) is 12.8. The third-order valence-electron chi connectivity index (χ3n) is 3.27. The summed E-state index contributed by atoms with van der Waals surface area (Å²) in [5.41, 5.74) is 6.86. The molecular weight excluding hydrogens is 215 g/mol. The molecule has 0 aromatic heterocycles. The SMILES string of the molecule is CCN(CC(CN)C(C)C)c1ccc(F)cc1. The maximum Gasteiger partial charge on any atom is 0.123 e. The summed E-state index contributed by atoms with van der Waals surface area (Å²) < 4.78 is 12.9. The van der Waals surface area contributed by atoms with Crippen molar-refractivity contribution in [1.29, 1.82) is 0 Å². The third kappa shape index (κ3) is 4.00. The van der Waals surface area contributed by atoms with Crippen LogP contribution in [0.5, 0.6) is 0 Å². The normalized spacial score (nSPS) is 12.8. The maximum absolute atomic E-state index is 12.9. The molecule has 0 amide bonds. The van der Waals surface area contributed by atoms with Gasteiger partial charge in [0.1, 0.15) is 5.82 Å². The van der Waals surface area contributed by atoms with Gasteiger partial charge in [0, 0.05) is 18.8 Å². The lowest BCUT2D eigenvalue weighted by molar-refractivity contribution is 0.393. The van der Waals surface area contributed by atoms with Crippen LogP contribution in [-0.4, -0.2) is 19.6 Å². The van der Waals surface area contributed by atoms with E-state index in [1.54, 1.807) is 0 Å². The van der Waals surface area contributed by atoms with Gasteiger partial charge in [-0.1, -0.05) is 13.8 Å². The van der Waals surface area contributed by atoms with E-state index in [0.717, 1.165) is 18.8 Å². The fraction of sp³-hybridized carbons (Fsp3) is 0.571. The van der Waals surface area contributed by atoms with Crippen molar-refractivity contribution in [3.05, 3.63) is 30.1 Å². The van der Waals surface area contributed by atoms with E-state index in [9.17, 15) is 4.39 Å². The van der Waals surface area contributed by atoms with Crippen molar-refractivity contribution in [1.82, 2.24) is 0 Å². The van der Waals surface area contributed by atoms with Gasteiger partial charge in [0.25, 0.3) is 0 Å². The lowest BCUT2D eigenvalue weighted by atomic mass is 9.95. The topological polar surface area (TPSA) is 29.3 Å². The lowest BCUT2D eigenvalue weighted by Crippen LogP contribution is -2.35. The van der Waals surface area contributed by atoms with E-state index < -0.39 is 0 Å². The first-order chi connectivity index (χ1) is 8.08. The molecule has 0 aliphatic carbocycles. The average molecular weight is 238 g/mol. The van der Waals surface area contributed by atoms with Gasteiger partial charge >= 0.3 is 0 Å². The second-order valence-electron chi connectivity index (χ2n) is 4.75. The molecular formula is C14H23FN2. The molecule has 0 aliphatic heterocycles. The fourth-order valence-corrected chi connectivity index (χ4v) is 1.91. The number of hydrogen-bond donors (Lipinski definition) is 1.